The number of carbonyl (C=O) groups excluding carboxylic acids is 1. The summed E-state index contributed by atoms with van der Waals surface area (Å²) in [5.74, 6) is 0.492. The third kappa shape index (κ3) is 2.72. The van der Waals surface area contributed by atoms with Gasteiger partial charge in [-0.1, -0.05) is 6.07 Å². The Morgan fingerprint density at radius 2 is 2.24 bits per heavy atom. The van der Waals surface area contributed by atoms with E-state index < -0.39 is 6.04 Å². The fraction of sp³-hybridized carbons (Fsp3) is 0.400. The highest BCUT2D eigenvalue weighted by Crippen LogP contribution is 2.29. The lowest BCUT2D eigenvalue weighted by molar-refractivity contribution is -0.123. The Morgan fingerprint density at radius 1 is 1.52 bits per heavy atom. The van der Waals surface area contributed by atoms with Crippen molar-refractivity contribution >= 4 is 28.5 Å². The summed E-state index contributed by atoms with van der Waals surface area (Å²) >= 11 is 6.20. The number of hydrogen-bond acceptors (Lipinski definition) is 3. The van der Waals surface area contributed by atoms with Gasteiger partial charge >= 0.3 is 0 Å². The van der Waals surface area contributed by atoms with Crippen LogP contribution in [0.3, 0.4) is 0 Å². The highest BCUT2D eigenvalue weighted by atomic mass is 35.5. The van der Waals surface area contributed by atoms with Crippen molar-refractivity contribution in [1.82, 2.24) is 14.9 Å². The van der Waals surface area contributed by atoms with Gasteiger partial charge in [-0.2, -0.15) is 5.26 Å². The van der Waals surface area contributed by atoms with E-state index in [-0.39, 0.29) is 11.3 Å². The number of rotatable bonds is 4. The Hall–Kier alpha value is -2.06. The van der Waals surface area contributed by atoms with Crippen molar-refractivity contribution in [3.05, 3.63) is 29.6 Å². The molecule has 2 atom stereocenters. The average Bonchev–Trinajstić information content (AvgIpc) is 2.86. The van der Waals surface area contributed by atoms with E-state index >= 15 is 0 Å². The van der Waals surface area contributed by atoms with Crippen LogP contribution in [0, 0.1) is 11.3 Å². The molecular weight excluding hydrogens is 288 g/mol. The molecule has 0 saturated carbocycles. The molecule has 0 radical (unpaired) electrons. The van der Waals surface area contributed by atoms with E-state index in [1.807, 2.05) is 13.0 Å². The SMILES string of the molecule is CCNC(=O)C(C)n1c(C(C)Cl)nc2c(C#N)cccc21. The molecule has 1 aromatic carbocycles. The Labute approximate surface area is 128 Å². The lowest BCUT2D eigenvalue weighted by Gasteiger charge is -2.17. The van der Waals surface area contributed by atoms with E-state index in [2.05, 4.69) is 16.4 Å². The molecule has 1 amide bonds. The molecule has 0 aliphatic rings. The van der Waals surface area contributed by atoms with Crippen LogP contribution >= 0.6 is 11.6 Å². The molecule has 2 rings (SSSR count). The van der Waals surface area contributed by atoms with Gasteiger partial charge < -0.3 is 9.88 Å². The number of halogens is 1. The lowest BCUT2D eigenvalue weighted by atomic mass is 10.2. The number of aromatic nitrogens is 2. The third-order valence-corrected chi connectivity index (χ3v) is 3.54. The zero-order valence-corrected chi connectivity index (χ0v) is 13.0. The minimum absolute atomic E-state index is 0.0993. The summed E-state index contributed by atoms with van der Waals surface area (Å²) < 4.78 is 1.80. The van der Waals surface area contributed by atoms with Crippen molar-refractivity contribution in [3.63, 3.8) is 0 Å². The smallest absolute Gasteiger partial charge is 0.242 e. The molecule has 0 aliphatic carbocycles. The molecule has 0 saturated heterocycles. The van der Waals surface area contributed by atoms with Crippen LogP contribution < -0.4 is 5.32 Å². The maximum Gasteiger partial charge on any atom is 0.242 e. The molecule has 5 nitrogen and oxygen atoms in total. The molecule has 1 heterocycles. The van der Waals surface area contributed by atoms with E-state index in [0.717, 1.165) is 5.52 Å². The zero-order chi connectivity index (χ0) is 15.6. The molecule has 2 unspecified atom stereocenters. The van der Waals surface area contributed by atoms with Gasteiger partial charge in [-0.25, -0.2) is 4.98 Å². The number of nitriles is 1. The van der Waals surface area contributed by atoms with Crippen LogP contribution in [0.1, 0.15) is 43.6 Å². The minimum Gasteiger partial charge on any atom is -0.355 e. The number of alkyl halides is 1. The van der Waals surface area contributed by atoms with Crippen molar-refractivity contribution in [2.45, 2.75) is 32.2 Å². The molecule has 21 heavy (non-hydrogen) atoms. The van der Waals surface area contributed by atoms with Gasteiger partial charge in [0, 0.05) is 6.54 Å². The largest absolute Gasteiger partial charge is 0.355 e. The van der Waals surface area contributed by atoms with Crippen molar-refractivity contribution < 1.29 is 4.79 Å². The van der Waals surface area contributed by atoms with Gasteiger partial charge in [0.25, 0.3) is 0 Å². The van der Waals surface area contributed by atoms with Crippen LogP contribution in [-0.2, 0) is 4.79 Å². The molecule has 0 spiro atoms. The normalized spacial score (nSPS) is 13.7. The summed E-state index contributed by atoms with van der Waals surface area (Å²) in [6.07, 6.45) is 0. The van der Waals surface area contributed by atoms with Crippen molar-refractivity contribution in [2.75, 3.05) is 6.54 Å². The first kappa shape index (κ1) is 15.3. The number of fused-ring (bicyclic) bond motifs is 1. The summed E-state index contributed by atoms with van der Waals surface area (Å²) in [6.45, 7) is 6.03. The summed E-state index contributed by atoms with van der Waals surface area (Å²) in [7, 11) is 0. The highest BCUT2D eigenvalue weighted by Gasteiger charge is 2.24. The maximum absolute atomic E-state index is 12.1. The van der Waals surface area contributed by atoms with Gasteiger partial charge in [0.2, 0.25) is 5.91 Å². The molecule has 0 aliphatic heterocycles. The first-order valence-electron chi connectivity index (χ1n) is 6.84. The second-order valence-corrected chi connectivity index (χ2v) is 5.47. The molecule has 2 aromatic rings. The third-order valence-electron chi connectivity index (χ3n) is 3.34. The molecule has 1 aromatic heterocycles. The van der Waals surface area contributed by atoms with E-state index in [4.69, 9.17) is 11.6 Å². The summed E-state index contributed by atoms with van der Waals surface area (Å²) in [5, 5.41) is 11.6. The molecule has 1 N–H and O–H groups in total. The van der Waals surface area contributed by atoms with Gasteiger partial charge in [-0.05, 0) is 32.9 Å². The molecule has 110 valence electrons. The summed E-state index contributed by atoms with van der Waals surface area (Å²) in [5.41, 5.74) is 1.81. The Kier molecular flexibility index (Phi) is 4.49. The van der Waals surface area contributed by atoms with Gasteiger partial charge in [0.05, 0.1) is 16.5 Å². The van der Waals surface area contributed by atoms with E-state index in [9.17, 15) is 10.1 Å². The number of likely N-dealkylation sites (N-methyl/N-ethyl adjacent to an activating group) is 1. The van der Waals surface area contributed by atoms with Gasteiger partial charge in [0.1, 0.15) is 23.5 Å². The highest BCUT2D eigenvalue weighted by molar-refractivity contribution is 6.20. The molecule has 6 heteroatoms. The second-order valence-electron chi connectivity index (χ2n) is 4.81. The van der Waals surface area contributed by atoms with Gasteiger partial charge in [-0.3, -0.25) is 4.79 Å². The van der Waals surface area contributed by atoms with Crippen LogP contribution in [0.15, 0.2) is 18.2 Å². The maximum atomic E-state index is 12.1. The molecular formula is C15H17ClN4O. The number of amides is 1. The summed E-state index contributed by atoms with van der Waals surface area (Å²) in [4.78, 5) is 16.6. The van der Waals surface area contributed by atoms with Crippen molar-refractivity contribution in [1.29, 1.82) is 5.26 Å². The van der Waals surface area contributed by atoms with Gasteiger partial charge in [-0.15, -0.1) is 11.6 Å². The average molecular weight is 305 g/mol. The van der Waals surface area contributed by atoms with Crippen LogP contribution in [0.2, 0.25) is 0 Å². The number of carbonyl (C=O) groups is 1. The van der Waals surface area contributed by atoms with Crippen LogP contribution in [-0.4, -0.2) is 22.0 Å². The topological polar surface area (TPSA) is 70.7 Å². The predicted molar refractivity (Wildman–Crippen MR) is 82.1 cm³/mol. The fourth-order valence-corrected chi connectivity index (χ4v) is 2.51. The Bertz CT molecular complexity index is 714. The zero-order valence-electron chi connectivity index (χ0n) is 12.2. The Morgan fingerprint density at radius 3 is 2.81 bits per heavy atom. The predicted octanol–water partition coefficient (Wildman–Crippen LogP) is 2.90. The van der Waals surface area contributed by atoms with Crippen LogP contribution in [0.25, 0.3) is 11.0 Å². The van der Waals surface area contributed by atoms with Crippen molar-refractivity contribution in [3.8, 4) is 6.07 Å². The number of para-hydroxylation sites is 1. The van der Waals surface area contributed by atoms with E-state index in [1.165, 1.54) is 0 Å². The quantitative estimate of drug-likeness (QED) is 0.883. The first-order chi connectivity index (χ1) is 10.0. The van der Waals surface area contributed by atoms with Crippen LogP contribution in [0.4, 0.5) is 0 Å². The number of nitrogens with zero attached hydrogens (tertiary/aromatic N) is 3. The van der Waals surface area contributed by atoms with E-state index in [0.29, 0.717) is 23.4 Å². The first-order valence-corrected chi connectivity index (χ1v) is 7.27. The minimum atomic E-state index is -0.444. The Balaban J connectivity index is 2.68. The second kappa shape index (κ2) is 6.15. The number of hydrogen-bond donors (Lipinski definition) is 1. The molecule has 0 fully saturated rings. The monoisotopic (exact) mass is 304 g/mol. The summed E-state index contributed by atoms with van der Waals surface area (Å²) in [6, 6.07) is 7.02. The number of nitrogens with one attached hydrogen (secondary N) is 1. The number of benzene rings is 1. The van der Waals surface area contributed by atoms with Crippen molar-refractivity contribution in [2.24, 2.45) is 0 Å². The van der Waals surface area contributed by atoms with E-state index in [1.54, 1.807) is 30.5 Å². The lowest BCUT2D eigenvalue weighted by Crippen LogP contribution is -2.31. The standard InChI is InChI=1S/C15H17ClN4O/c1-4-18-15(21)10(3)20-12-7-5-6-11(8-17)13(12)19-14(20)9(2)16/h5-7,9-10H,4H2,1-3H3,(H,18,21). The molecule has 0 bridgehead atoms. The van der Waals surface area contributed by atoms with Gasteiger partial charge in [0.15, 0.2) is 0 Å². The number of imidazole rings is 1. The fourth-order valence-electron chi connectivity index (χ4n) is 2.35. The van der Waals surface area contributed by atoms with Crippen LogP contribution in [0.5, 0.6) is 0 Å².